The van der Waals surface area contributed by atoms with Crippen molar-refractivity contribution in [2.24, 2.45) is 0 Å². The number of allylic oxidation sites excluding steroid dienone is 3. The molecule has 1 atom stereocenters. The Labute approximate surface area is 108 Å². The summed E-state index contributed by atoms with van der Waals surface area (Å²) in [4.78, 5) is 4.65. The van der Waals surface area contributed by atoms with Gasteiger partial charge in [0.05, 0.1) is 17.1 Å². The van der Waals surface area contributed by atoms with Crippen molar-refractivity contribution in [2.75, 3.05) is 16.8 Å². The van der Waals surface area contributed by atoms with Gasteiger partial charge in [-0.25, -0.2) is 0 Å². The Kier molecular flexibility index (Phi) is 2.41. The molecule has 1 aromatic carbocycles. The van der Waals surface area contributed by atoms with Crippen molar-refractivity contribution in [2.45, 2.75) is 20.0 Å². The van der Waals surface area contributed by atoms with Crippen LogP contribution in [0.3, 0.4) is 0 Å². The van der Waals surface area contributed by atoms with Crippen LogP contribution in [0, 0.1) is 0 Å². The summed E-state index contributed by atoms with van der Waals surface area (Å²) in [5.74, 6) is 0. The van der Waals surface area contributed by atoms with E-state index in [0.717, 1.165) is 0 Å². The molecule has 0 unspecified atom stereocenters. The first kappa shape index (κ1) is 11.0. The van der Waals surface area contributed by atoms with Crippen molar-refractivity contribution >= 4 is 11.4 Å². The summed E-state index contributed by atoms with van der Waals surface area (Å²) >= 11 is 0. The molecule has 18 heavy (non-hydrogen) atoms. The molecule has 0 N–H and O–H groups in total. The molecule has 0 fully saturated rings. The summed E-state index contributed by atoms with van der Waals surface area (Å²) in [5.41, 5.74) is 11.0. The van der Waals surface area contributed by atoms with E-state index in [-0.39, 0.29) is 0 Å². The molecule has 1 aliphatic carbocycles. The minimum absolute atomic E-state index is 0.317. The molecule has 0 bridgehead atoms. The SMILES string of the molecule is CC1=C(N2c3ccccc3N(C)[C@@H]2C)C=C=C=C1. The van der Waals surface area contributed by atoms with E-state index in [1.807, 2.05) is 12.2 Å². The maximum Gasteiger partial charge on any atom is 0.103 e. The van der Waals surface area contributed by atoms with Gasteiger partial charge in [-0.2, -0.15) is 0 Å². The Hall–Kier alpha value is -2.14. The van der Waals surface area contributed by atoms with Gasteiger partial charge in [0.1, 0.15) is 6.17 Å². The average Bonchev–Trinajstić information content (AvgIpc) is 2.64. The number of nitrogens with zero attached hydrogens (tertiary/aromatic N) is 2. The van der Waals surface area contributed by atoms with Gasteiger partial charge in [0, 0.05) is 13.1 Å². The second-order valence-corrected chi connectivity index (χ2v) is 4.75. The van der Waals surface area contributed by atoms with Crippen LogP contribution >= 0.6 is 0 Å². The van der Waals surface area contributed by atoms with Crippen molar-refractivity contribution in [1.82, 2.24) is 0 Å². The van der Waals surface area contributed by atoms with E-state index in [9.17, 15) is 0 Å². The monoisotopic (exact) mass is 236 g/mol. The van der Waals surface area contributed by atoms with Gasteiger partial charge in [0.2, 0.25) is 0 Å². The van der Waals surface area contributed by atoms with Crippen LogP contribution in [-0.4, -0.2) is 13.2 Å². The highest BCUT2D eigenvalue weighted by molar-refractivity contribution is 5.80. The Balaban J connectivity index is 2.15. The normalized spacial score (nSPS) is 20.9. The summed E-state index contributed by atoms with van der Waals surface area (Å²) in [7, 11) is 2.14. The Morgan fingerprint density at radius 3 is 2.44 bits per heavy atom. The molecular formula is C16H16N2. The second-order valence-electron chi connectivity index (χ2n) is 4.75. The number of hydrogen-bond donors (Lipinski definition) is 0. The van der Waals surface area contributed by atoms with Gasteiger partial charge in [-0.05, 0) is 37.6 Å². The fourth-order valence-electron chi connectivity index (χ4n) is 2.58. The molecule has 1 aromatic rings. The highest BCUT2D eigenvalue weighted by Crippen LogP contribution is 2.41. The quantitative estimate of drug-likeness (QED) is 0.689. The van der Waals surface area contributed by atoms with E-state index in [2.05, 4.69) is 66.4 Å². The molecule has 0 saturated heterocycles. The van der Waals surface area contributed by atoms with E-state index < -0.39 is 0 Å². The van der Waals surface area contributed by atoms with Gasteiger partial charge >= 0.3 is 0 Å². The third-order valence-corrected chi connectivity index (χ3v) is 3.70. The molecular weight excluding hydrogens is 220 g/mol. The van der Waals surface area contributed by atoms with Crippen molar-refractivity contribution in [3.63, 3.8) is 0 Å². The lowest BCUT2D eigenvalue weighted by molar-refractivity contribution is 0.714. The van der Waals surface area contributed by atoms with Crippen molar-refractivity contribution < 1.29 is 0 Å². The highest BCUT2D eigenvalue weighted by Gasteiger charge is 2.32. The Bertz CT molecular complexity index is 626. The lowest BCUT2D eigenvalue weighted by Gasteiger charge is -2.29. The van der Waals surface area contributed by atoms with Gasteiger partial charge in [-0.3, -0.25) is 0 Å². The number of anilines is 2. The maximum absolute atomic E-state index is 3.06. The van der Waals surface area contributed by atoms with Gasteiger partial charge in [0.25, 0.3) is 0 Å². The molecule has 3 rings (SSSR count). The Morgan fingerprint density at radius 1 is 1.06 bits per heavy atom. The lowest BCUT2D eigenvalue weighted by Crippen LogP contribution is -2.38. The van der Waals surface area contributed by atoms with Crippen LogP contribution in [0.15, 0.2) is 59.2 Å². The van der Waals surface area contributed by atoms with Crippen molar-refractivity contribution in [3.05, 3.63) is 59.2 Å². The molecule has 2 heteroatoms. The van der Waals surface area contributed by atoms with Gasteiger partial charge in [0.15, 0.2) is 0 Å². The summed E-state index contributed by atoms with van der Waals surface area (Å²) in [6, 6.07) is 8.51. The fourth-order valence-corrected chi connectivity index (χ4v) is 2.58. The molecule has 2 aliphatic rings. The third kappa shape index (κ3) is 1.44. The van der Waals surface area contributed by atoms with Gasteiger partial charge in [-0.1, -0.05) is 23.6 Å². The van der Waals surface area contributed by atoms with Crippen molar-refractivity contribution in [1.29, 1.82) is 0 Å². The topological polar surface area (TPSA) is 6.48 Å². The first-order chi connectivity index (χ1) is 8.70. The largest absolute Gasteiger partial charge is 0.353 e. The number of rotatable bonds is 1. The number of fused-ring (bicyclic) bond motifs is 1. The van der Waals surface area contributed by atoms with Crippen molar-refractivity contribution in [3.8, 4) is 0 Å². The standard InChI is InChI=1S/C16H16N2/c1-12-8-4-5-9-14(12)18-13(2)17(3)15-10-6-7-11-16(15)18/h6-11,13H,1-3H3/t13-/m0/s1. The zero-order valence-electron chi connectivity index (χ0n) is 10.9. The predicted octanol–water partition coefficient (Wildman–Crippen LogP) is 3.44. The lowest BCUT2D eigenvalue weighted by atomic mass is 10.1. The fraction of sp³-hybridized carbons (Fsp3) is 0.250. The summed E-state index contributed by atoms with van der Waals surface area (Å²) in [5, 5.41) is 0. The van der Waals surface area contributed by atoms with Crippen LogP contribution in [0.25, 0.3) is 0 Å². The van der Waals surface area contributed by atoms with E-state index in [1.165, 1.54) is 22.6 Å². The molecule has 0 spiro atoms. The minimum Gasteiger partial charge on any atom is -0.353 e. The van der Waals surface area contributed by atoms with E-state index in [1.54, 1.807) is 0 Å². The molecule has 90 valence electrons. The first-order valence-corrected chi connectivity index (χ1v) is 6.19. The third-order valence-electron chi connectivity index (χ3n) is 3.70. The molecule has 1 heterocycles. The van der Waals surface area contributed by atoms with Crippen LogP contribution in [0.4, 0.5) is 11.4 Å². The minimum atomic E-state index is 0.317. The average molecular weight is 236 g/mol. The Morgan fingerprint density at radius 2 is 1.72 bits per heavy atom. The first-order valence-electron chi connectivity index (χ1n) is 6.19. The molecule has 0 radical (unpaired) electrons. The molecule has 0 amide bonds. The summed E-state index contributed by atoms with van der Waals surface area (Å²) < 4.78 is 0. The van der Waals surface area contributed by atoms with Crippen LogP contribution in [0.1, 0.15) is 13.8 Å². The molecule has 1 aliphatic heterocycles. The zero-order chi connectivity index (χ0) is 12.7. The second kappa shape index (κ2) is 3.96. The van der Waals surface area contributed by atoms with E-state index >= 15 is 0 Å². The van der Waals surface area contributed by atoms with Gasteiger partial charge < -0.3 is 9.80 Å². The molecule has 2 nitrogen and oxygen atoms in total. The smallest absolute Gasteiger partial charge is 0.103 e. The summed E-state index contributed by atoms with van der Waals surface area (Å²) in [6.45, 7) is 4.34. The number of hydrogen-bond acceptors (Lipinski definition) is 2. The van der Waals surface area contributed by atoms with Crippen LogP contribution in [0.2, 0.25) is 0 Å². The van der Waals surface area contributed by atoms with Gasteiger partial charge in [-0.15, -0.1) is 0 Å². The number of para-hydroxylation sites is 2. The van der Waals surface area contributed by atoms with E-state index in [0.29, 0.717) is 6.17 Å². The zero-order valence-corrected chi connectivity index (χ0v) is 10.9. The maximum atomic E-state index is 3.06. The molecule has 0 aromatic heterocycles. The predicted molar refractivity (Wildman–Crippen MR) is 75.7 cm³/mol. The van der Waals surface area contributed by atoms with Crippen LogP contribution < -0.4 is 9.80 Å². The van der Waals surface area contributed by atoms with Crippen LogP contribution in [0.5, 0.6) is 0 Å². The number of benzene rings is 1. The summed E-state index contributed by atoms with van der Waals surface area (Å²) in [6.07, 6.45) is 4.32. The highest BCUT2D eigenvalue weighted by atomic mass is 15.4. The molecule has 0 saturated carbocycles. The van der Waals surface area contributed by atoms with Crippen LogP contribution in [-0.2, 0) is 0 Å². The van der Waals surface area contributed by atoms with E-state index in [4.69, 9.17) is 0 Å².